The third-order valence-electron chi connectivity index (χ3n) is 10.2. The highest BCUT2D eigenvalue weighted by atomic mass is 127. The van der Waals surface area contributed by atoms with Gasteiger partial charge >= 0.3 is 11.4 Å². The largest absolute Gasteiger partial charge is 0.504 e. The summed E-state index contributed by atoms with van der Waals surface area (Å²) in [5, 5.41) is 10.6. The minimum Gasteiger partial charge on any atom is -0.504 e. The maximum atomic E-state index is 14.3. The lowest BCUT2D eigenvalue weighted by Crippen LogP contribution is -2.59. The summed E-state index contributed by atoms with van der Waals surface area (Å²) in [6, 6.07) is 5.42. The number of carbonyl (C=O) groups excluding carboxylic acids is 2. The van der Waals surface area contributed by atoms with E-state index in [4.69, 9.17) is 37.4 Å². The van der Waals surface area contributed by atoms with Gasteiger partial charge in [0.05, 0.1) is 54.0 Å². The molecule has 19 heteroatoms. The van der Waals surface area contributed by atoms with Crippen molar-refractivity contribution in [1.82, 2.24) is 28.4 Å². The first kappa shape index (κ1) is 36.5. The van der Waals surface area contributed by atoms with Crippen LogP contribution in [-0.4, -0.2) is 81.8 Å². The second-order valence-corrected chi connectivity index (χ2v) is 15.5. The number of aryl methyl sites for hydroxylation is 2. The van der Waals surface area contributed by atoms with Crippen LogP contribution in [0.4, 0.5) is 0 Å². The van der Waals surface area contributed by atoms with Crippen molar-refractivity contribution in [2.75, 3.05) is 26.8 Å². The molecule has 2 aromatic carbocycles. The number of allylic oxidation sites excluding steroid dienone is 2. The van der Waals surface area contributed by atoms with E-state index in [-0.39, 0.29) is 48.6 Å². The normalized spacial score (nSPS) is 23.7. The van der Waals surface area contributed by atoms with Crippen LogP contribution in [0, 0.1) is 3.57 Å². The van der Waals surface area contributed by atoms with E-state index >= 15 is 0 Å². The summed E-state index contributed by atoms with van der Waals surface area (Å²) in [7, 11) is 5.92. The Bertz CT molecular complexity index is 2440. The Morgan fingerprint density at radius 2 is 1.65 bits per heavy atom. The molecular weight excluding hydrogens is 902 g/mol. The van der Waals surface area contributed by atoms with Gasteiger partial charge in [-0.25, -0.2) is 28.5 Å². The highest BCUT2D eigenvalue weighted by Gasteiger charge is 2.75. The Labute approximate surface area is 326 Å². The van der Waals surface area contributed by atoms with E-state index in [9.17, 15) is 29.1 Å². The van der Waals surface area contributed by atoms with Crippen LogP contribution in [0.25, 0.3) is 11.0 Å². The highest BCUT2D eigenvalue weighted by molar-refractivity contribution is 14.1. The number of halogens is 4. The summed E-state index contributed by atoms with van der Waals surface area (Å²) in [5.74, 6) is -1.78. The van der Waals surface area contributed by atoms with E-state index in [1.54, 1.807) is 31.3 Å². The van der Waals surface area contributed by atoms with E-state index in [0.29, 0.717) is 37.2 Å². The molecule has 2 aromatic heterocycles. The van der Waals surface area contributed by atoms with Gasteiger partial charge in [-0.15, -0.1) is 23.2 Å². The lowest BCUT2D eigenvalue weighted by Gasteiger charge is -2.49. The molecule has 3 aliphatic rings. The molecule has 1 N–H and O–H groups in total. The molecule has 4 aromatic rings. The number of aromatic nitrogens is 5. The lowest BCUT2D eigenvalue weighted by atomic mass is 9.64. The van der Waals surface area contributed by atoms with Crippen LogP contribution < -0.4 is 31.1 Å². The number of alkyl halides is 3. The zero-order valence-electron chi connectivity index (χ0n) is 28.0. The van der Waals surface area contributed by atoms with Crippen molar-refractivity contribution >= 4 is 84.6 Å². The third kappa shape index (κ3) is 4.94. The smallest absolute Gasteiger partial charge is 0.347 e. The van der Waals surface area contributed by atoms with Crippen LogP contribution >= 0.6 is 61.7 Å². The van der Waals surface area contributed by atoms with Gasteiger partial charge in [0.1, 0.15) is 5.69 Å². The molecule has 0 bridgehead atoms. The summed E-state index contributed by atoms with van der Waals surface area (Å²) in [6.45, 7) is -0.259. The van der Waals surface area contributed by atoms with Gasteiger partial charge in [0.15, 0.2) is 32.7 Å². The molecular formula is C33H30BrCl2IN6O9. The molecule has 4 heterocycles. The van der Waals surface area contributed by atoms with Crippen LogP contribution in [-0.2, 0) is 36.1 Å². The van der Waals surface area contributed by atoms with Crippen molar-refractivity contribution in [2.24, 2.45) is 7.05 Å². The van der Waals surface area contributed by atoms with Crippen LogP contribution in [0.5, 0.6) is 23.0 Å². The molecule has 52 heavy (non-hydrogen) atoms. The van der Waals surface area contributed by atoms with Gasteiger partial charge < -0.3 is 23.9 Å². The van der Waals surface area contributed by atoms with Crippen molar-refractivity contribution in [3.05, 3.63) is 82.1 Å². The number of hydrogen-bond donors (Lipinski definition) is 1. The van der Waals surface area contributed by atoms with Crippen LogP contribution in [0.2, 0.25) is 0 Å². The molecule has 4 atom stereocenters. The van der Waals surface area contributed by atoms with E-state index in [2.05, 4.69) is 20.9 Å². The Morgan fingerprint density at radius 1 is 0.981 bits per heavy atom. The highest BCUT2D eigenvalue weighted by Crippen LogP contribution is 2.64. The minimum atomic E-state index is -2.05. The SMILES string of the molecule is COc1cc2nc(CCn3c(=O)n4n(c3=O)C3CC5(Cl)C(=O)N(CBr)C(=O)C5(Cl)C(c5cc(I)c(O)c(OC)c5)C3=CC4)c(=O)n(C)c2cc1OC. The van der Waals surface area contributed by atoms with Crippen molar-refractivity contribution < 1.29 is 28.9 Å². The zero-order valence-corrected chi connectivity index (χ0v) is 33.2. The number of imide groups is 1. The topological polar surface area (TPSA) is 169 Å². The number of rotatable bonds is 8. The first-order valence-electron chi connectivity index (χ1n) is 15.8. The standard InChI is InChI=1S/C33H30BrCl2IN6O9/c1-39-20-12-23(51-3)22(50-2)11-19(20)38-18(27(39)45)6-7-40-30(48)42-8-5-16-21(43(42)31(40)49)13-32(35)28(46)41(14-34)29(47)33(32,36)25(16)15-9-17(37)26(44)24(10-15)52-4/h5,9-12,21,25,44H,6-8,13-14H2,1-4H3. The number of hydrogen-bond acceptors (Lipinski definition) is 10. The van der Waals surface area contributed by atoms with Crippen molar-refractivity contribution in [3.8, 4) is 23.0 Å². The second kappa shape index (κ2) is 12.9. The molecule has 0 spiro atoms. The zero-order chi connectivity index (χ0) is 37.6. The third-order valence-corrected chi connectivity index (χ3v) is 12.9. The number of nitrogens with zero attached hydrogens (tertiary/aromatic N) is 6. The summed E-state index contributed by atoms with van der Waals surface area (Å²) in [5.41, 5.74) is 0.00126. The van der Waals surface area contributed by atoms with Crippen LogP contribution in [0.3, 0.4) is 0 Å². The Morgan fingerprint density at radius 3 is 2.31 bits per heavy atom. The first-order chi connectivity index (χ1) is 24.7. The van der Waals surface area contributed by atoms with Crippen molar-refractivity contribution in [3.63, 3.8) is 0 Å². The number of ether oxygens (including phenoxy) is 3. The Balaban J connectivity index is 1.33. The number of amides is 2. The van der Waals surface area contributed by atoms with Crippen LogP contribution in [0.1, 0.15) is 29.6 Å². The van der Waals surface area contributed by atoms with Gasteiger partial charge in [-0.3, -0.25) is 19.3 Å². The Kier molecular flexibility index (Phi) is 9.10. The maximum Gasteiger partial charge on any atom is 0.347 e. The summed E-state index contributed by atoms with van der Waals surface area (Å²) in [4.78, 5) is 70.8. The number of fused-ring (bicyclic) bond motifs is 5. The van der Waals surface area contributed by atoms with Gasteiger partial charge in [-0.2, -0.15) is 0 Å². The van der Waals surface area contributed by atoms with Gasteiger partial charge in [0.2, 0.25) is 0 Å². The Hall–Kier alpha value is -3.81. The quantitative estimate of drug-likeness (QED) is 0.0913. The molecule has 2 fully saturated rings. The van der Waals surface area contributed by atoms with E-state index in [1.807, 2.05) is 22.6 Å². The van der Waals surface area contributed by atoms with E-state index in [1.165, 1.54) is 41.3 Å². The molecule has 0 radical (unpaired) electrons. The second-order valence-electron chi connectivity index (χ2n) is 12.6. The molecule has 7 rings (SSSR count). The molecule has 15 nitrogen and oxygen atoms in total. The number of carbonyl (C=O) groups is 2. The van der Waals surface area contributed by atoms with Crippen molar-refractivity contribution in [2.45, 2.75) is 47.6 Å². The lowest BCUT2D eigenvalue weighted by molar-refractivity contribution is -0.138. The number of likely N-dealkylation sites (tertiary alicyclic amines) is 1. The van der Waals surface area contributed by atoms with E-state index in [0.717, 1.165) is 9.47 Å². The number of phenols is 1. The van der Waals surface area contributed by atoms with Gasteiger partial charge in [-0.05, 0) is 45.9 Å². The molecule has 1 saturated carbocycles. The van der Waals surface area contributed by atoms with E-state index < -0.39 is 50.5 Å². The van der Waals surface area contributed by atoms with Crippen LogP contribution in [0.15, 0.2) is 50.3 Å². The fraction of sp³-hybridized carbons (Fsp3) is 0.394. The number of phenolic OH excluding ortho intramolecular Hbond substituents is 1. The average Bonchev–Trinajstić information content (AvgIpc) is 3.46. The summed E-state index contributed by atoms with van der Waals surface area (Å²) < 4.78 is 21.4. The fourth-order valence-corrected chi connectivity index (χ4v) is 9.66. The van der Waals surface area contributed by atoms with Gasteiger partial charge in [-0.1, -0.05) is 22.0 Å². The predicted molar refractivity (Wildman–Crippen MR) is 201 cm³/mol. The molecule has 2 amide bonds. The average molecular weight is 932 g/mol. The number of aromatic hydroxyl groups is 1. The maximum absolute atomic E-state index is 14.3. The molecule has 274 valence electrons. The van der Waals surface area contributed by atoms with Gasteiger partial charge in [0.25, 0.3) is 17.4 Å². The number of methoxy groups -OCH3 is 3. The molecule has 2 aliphatic heterocycles. The fourth-order valence-electron chi connectivity index (χ4n) is 7.63. The first-order valence-corrected chi connectivity index (χ1v) is 18.7. The minimum absolute atomic E-state index is 0.0626. The summed E-state index contributed by atoms with van der Waals surface area (Å²) in [6.07, 6.45) is 1.36. The molecule has 1 saturated heterocycles. The van der Waals surface area contributed by atoms with Crippen molar-refractivity contribution in [1.29, 1.82) is 0 Å². The monoisotopic (exact) mass is 930 g/mol. The predicted octanol–water partition coefficient (Wildman–Crippen LogP) is 2.98. The van der Waals surface area contributed by atoms with Gasteiger partial charge in [0, 0.05) is 44.5 Å². The number of benzene rings is 2. The molecule has 1 aliphatic carbocycles. The summed E-state index contributed by atoms with van der Waals surface area (Å²) >= 11 is 19.7. The molecule has 4 unspecified atom stereocenters.